The van der Waals surface area contributed by atoms with Gasteiger partial charge in [0.15, 0.2) is 0 Å². The van der Waals surface area contributed by atoms with Crippen molar-refractivity contribution in [2.75, 3.05) is 25.0 Å². The van der Waals surface area contributed by atoms with E-state index in [4.69, 9.17) is 0 Å². The molecule has 1 saturated heterocycles. The number of aromatic nitrogens is 3. The highest BCUT2D eigenvalue weighted by Crippen LogP contribution is 2.22. The first kappa shape index (κ1) is 15.1. The number of nitrogens with zero attached hydrogens (tertiary/aromatic N) is 4. The number of benzene rings is 1. The molecule has 1 fully saturated rings. The Bertz CT molecular complexity index is 840. The van der Waals surface area contributed by atoms with Gasteiger partial charge in [0, 0.05) is 56.3 Å². The van der Waals surface area contributed by atoms with Crippen LogP contribution in [0.4, 0.5) is 5.95 Å². The van der Waals surface area contributed by atoms with E-state index in [1.54, 1.807) is 0 Å². The van der Waals surface area contributed by atoms with E-state index < -0.39 is 0 Å². The summed E-state index contributed by atoms with van der Waals surface area (Å²) < 4.78 is 0. The minimum absolute atomic E-state index is 0.475. The van der Waals surface area contributed by atoms with Crippen molar-refractivity contribution in [3.05, 3.63) is 54.0 Å². The smallest absolute Gasteiger partial charge is 0.225 e. The Balaban J connectivity index is 1.42. The van der Waals surface area contributed by atoms with Gasteiger partial charge in [0.25, 0.3) is 0 Å². The maximum Gasteiger partial charge on any atom is 0.225 e. The van der Waals surface area contributed by atoms with E-state index in [9.17, 15) is 0 Å². The third-order valence-corrected chi connectivity index (χ3v) is 4.92. The van der Waals surface area contributed by atoms with Crippen LogP contribution in [0.2, 0.25) is 0 Å². The zero-order valence-corrected chi connectivity index (χ0v) is 14.2. The fraction of sp³-hybridized carbons (Fsp3) is 0.368. The highest BCUT2D eigenvalue weighted by Gasteiger charge is 2.27. The normalized spacial score (nSPS) is 18.3. The molecule has 0 aliphatic carbocycles. The highest BCUT2D eigenvalue weighted by molar-refractivity contribution is 5.79. The minimum atomic E-state index is 0.475. The Labute approximate surface area is 142 Å². The monoisotopic (exact) mass is 321 g/mol. The first-order valence-electron chi connectivity index (χ1n) is 8.50. The lowest BCUT2D eigenvalue weighted by Crippen LogP contribution is -2.35. The molecule has 0 saturated carbocycles. The largest absolute Gasteiger partial charge is 0.361 e. The molecule has 1 aliphatic rings. The summed E-state index contributed by atoms with van der Waals surface area (Å²) in [7, 11) is 2.11. The number of H-pyrrole nitrogens is 1. The SMILES string of the molecule is Cc1ccnc(N(C)C2CCN(Cc3ccc4[nH]ccc4c3)C2)n1. The summed E-state index contributed by atoms with van der Waals surface area (Å²) in [6.45, 7) is 5.18. The second kappa shape index (κ2) is 6.24. The number of nitrogens with one attached hydrogen (secondary N) is 1. The Morgan fingerprint density at radius 1 is 1.29 bits per heavy atom. The zero-order chi connectivity index (χ0) is 16.5. The predicted octanol–water partition coefficient (Wildman–Crippen LogP) is 2.98. The average Bonchev–Trinajstić information content (AvgIpc) is 3.23. The topological polar surface area (TPSA) is 48.1 Å². The molecule has 1 unspecified atom stereocenters. The van der Waals surface area contributed by atoms with Gasteiger partial charge in [-0.3, -0.25) is 4.90 Å². The number of hydrogen-bond acceptors (Lipinski definition) is 4. The van der Waals surface area contributed by atoms with Crippen LogP contribution < -0.4 is 4.90 Å². The number of hydrogen-bond donors (Lipinski definition) is 1. The van der Waals surface area contributed by atoms with Gasteiger partial charge in [-0.15, -0.1) is 0 Å². The molecule has 5 nitrogen and oxygen atoms in total. The van der Waals surface area contributed by atoms with Gasteiger partial charge in [-0.05, 0) is 48.6 Å². The molecule has 3 aromatic rings. The van der Waals surface area contributed by atoms with Crippen LogP contribution in [0.5, 0.6) is 0 Å². The molecule has 1 N–H and O–H groups in total. The van der Waals surface area contributed by atoms with E-state index in [1.165, 1.54) is 16.5 Å². The second-order valence-corrected chi connectivity index (χ2v) is 6.69. The lowest BCUT2D eigenvalue weighted by atomic mass is 10.1. The third-order valence-electron chi connectivity index (χ3n) is 4.92. The maximum absolute atomic E-state index is 4.55. The minimum Gasteiger partial charge on any atom is -0.361 e. The molecule has 2 aromatic heterocycles. The standard InChI is InChI=1S/C19H23N5/c1-14-5-8-21-19(22-14)23(2)17-7-10-24(13-17)12-15-3-4-18-16(11-15)6-9-20-18/h3-6,8-9,11,17,20H,7,10,12-13H2,1-2H3. The van der Waals surface area contributed by atoms with Gasteiger partial charge in [-0.2, -0.15) is 0 Å². The molecule has 1 atom stereocenters. The Kier molecular flexibility index (Phi) is 3.94. The molecule has 0 radical (unpaired) electrons. The molecule has 0 bridgehead atoms. The third kappa shape index (κ3) is 2.99. The number of fused-ring (bicyclic) bond motifs is 1. The summed E-state index contributed by atoms with van der Waals surface area (Å²) in [5.74, 6) is 0.829. The molecule has 3 heterocycles. The highest BCUT2D eigenvalue weighted by atomic mass is 15.3. The van der Waals surface area contributed by atoms with Gasteiger partial charge in [0.1, 0.15) is 0 Å². The van der Waals surface area contributed by atoms with Crippen LogP contribution in [0, 0.1) is 6.92 Å². The quantitative estimate of drug-likeness (QED) is 0.802. The van der Waals surface area contributed by atoms with Crippen LogP contribution in [0.25, 0.3) is 10.9 Å². The summed E-state index contributed by atoms with van der Waals surface area (Å²) in [6.07, 6.45) is 4.99. The van der Waals surface area contributed by atoms with Crippen LogP contribution in [0.15, 0.2) is 42.7 Å². The molecule has 124 valence electrons. The van der Waals surface area contributed by atoms with Crippen molar-refractivity contribution >= 4 is 16.9 Å². The number of anilines is 1. The molecule has 0 amide bonds. The van der Waals surface area contributed by atoms with Crippen molar-refractivity contribution < 1.29 is 0 Å². The van der Waals surface area contributed by atoms with Crippen molar-refractivity contribution in [3.8, 4) is 0 Å². The van der Waals surface area contributed by atoms with E-state index >= 15 is 0 Å². The van der Waals surface area contributed by atoms with Crippen LogP contribution in [0.3, 0.4) is 0 Å². The summed E-state index contributed by atoms with van der Waals surface area (Å²) in [6, 6.07) is 11.2. The lowest BCUT2D eigenvalue weighted by Gasteiger charge is -2.25. The molecule has 1 aliphatic heterocycles. The van der Waals surface area contributed by atoms with E-state index in [-0.39, 0.29) is 0 Å². The van der Waals surface area contributed by atoms with Gasteiger partial charge in [0.2, 0.25) is 5.95 Å². The summed E-state index contributed by atoms with van der Waals surface area (Å²) in [5, 5.41) is 1.29. The molecular formula is C19H23N5. The van der Waals surface area contributed by atoms with Crippen molar-refractivity contribution in [1.82, 2.24) is 19.9 Å². The summed E-state index contributed by atoms with van der Waals surface area (Å²) >= 11 is 0. The lowest BCUT2D eigenvalue weighted by molar-refractivity contribution is 0.326. The van der Waals surface area contributed by atoms with Gasteiger partial charge >= 0.3 is 0 Å². The van der Waals surface area contributed by atoms with Crippen molar-refractivity contribution in [2.24, 2.45) is 0 Å². The van der Waals surface area contributed by atoms with Crippen LogP contribution >= 0.6 is 0 Å². The van der Waals surface area contributed by atoms with Crippen LogP contribution in [-0.4, -0.2) is 46.0 Å². The Morgan fingerprint density at radius 2 is 2.21 bits per heavy atom. The van der Waals surface area contributed by atoms with E-state index in [2.05, 4.69) is 56.1 Å². The predicted molar refractivity (Wildman–Crippen MR) is 97.2 cm³/mol. The number of likely N-dealkylation sites (tertiary alicyclic amines) is 1. The van der Waals surface area contributed by atoms with E-state index in [0.717, 1.165) is 37.7 Å². The van der Waals surface area contributed by atoms with Gasteiger partial charge in [-0.25, -0.2) is 9.97 Å². The molecule has 24 heavy (non-hydrogen) atoms. The van der Waals surface area contributed by atoms with Crippen molar-refractivity contribution in [1.29, 1.82) is 0 Å². The Morgan fingerprint density at radius 3 is 3.08 bits per heavy atom. The molecular weight excluding hydrogens is 298 g/mol. The molecule has 0 spiro atoms. The van der Waals surface area contributed by atoms with Crippen molar-refractivity contribution in [3.63, 3.8) is 0 Å². The van der Waals surface area contributed by atoms with Crippen molar-refractivity contribution in [2.45, 2.75) is 25.9 Å². The molecule has 5 heteroatoms. The summed E-state index contributed by atoms with van der Waals surface area (Å²) in [5.41, 5.74) is 3.59. The van der Waals surface area contributed by atoms with Gasteiger partial charge < -0.3 is 9.88 Å². The number of aromatic amines is 1. The second-order valence-electron chi connectivity index (χ2n) is 6.69. The number of likely N-dealkylation sites (N-methyl/N-ethyl adjacent to an activating group) is 1. The van der Waals surface area contributed by atoms with Gasteiger partial charge in [0.05, 0.1) is 0 Å². The van der Waals surface area contributed by atoms with E-state index in [1.807, 2.05) is 25.4 Å². The van der Waals surface area contributed by atoms with Crippen LogP contribution in [-0.2, 0) is 6.54 Å². The van der Waals surface area contributed by atoms with Crippen LogP contribution in [0.1, 0.15) is 17.7 Å². The first-order chi connectivity index (χ1) is 11.7. The van der Waals surface area contributed by atoms with E-state index in [0.29, 0.717) is 6.04 Å². The Hall–Kier alpha value is -2.40. The molecule has 1 aromatic carbocycles. The first-order valence-corrected chi connectivity index (χ1v) is 8.50. The maximum atomic E-state index is 4.55. The molecule has 4 rings (SSSR count). The zero-order valence-electron chi connectivity index (χ0n) is 14.2. The number of rotatable bonds is 4. The summed E-state index contributed by atoms with van der Waals surface area (Å²) in [4.78, 5) is 17.0. The fourth-order valence-electron chi connectivity index (χ4n) is 3.50. The number of aryl methyl sites for hydroxylation is 1. The van der Waals surface area contributed by atoms with Gasteiger partial charge in [-0.1, -0.05) is 6.07 Å². The fourth-order valence-corrected chi connectivity index (χ4v) is 3.50. The average molecular weight is 321 g/mol.